The second kappa shape index (κ2) is 13.5. The summed E-state index contributed by atoms with van der Waals surface area (Å²) < 4.78 is 43.3. The minimum Gasteiger partial charge on any atom is -0.406 e. The number of aryl methyl sites for hydroxylation is 2. The number of aromatic nitrogens is 6. The Hall–Kier alpha value is -4.88. The first kappa shape index (κ1) is 29.1. The van der Waals surface area contributed by atoms with Gasteiger partial charge in [-0.3, -0.25) is 19.3 Å². The van der Waals surface area contributed by atoms with Crippen LogP contribution in [-0.2, 0) is 24.2 Å². The molecule has 2 amide bonds. The van der Waals surface area contributed by atoms with Crippen LogP contribution in [-0.4, -0.2) is 54.9 Å². The summed E-state index contributed by atoms with van der Waals surface area (Å²) in [6.07, 6.45) is 0.507. The van der Waals surface area contributed by atoms with Gasteiger partial charge in [-0.25, -0.2) is 0 Å². The number of anilines is 1. The number of unbranched alkanes of at least 4 members (excludes halogenated alkanes) is 1. The summed E-state index contributed by atoms with van der Waals surface area (Å²) in [6, 6.07) is 12.3. The number of nitrogens with one attached hydrogen (secondary N) is 2. The summed E-state index contributed by atoms with van der Waals surface area (Å²) in [5.41, 5.74) is 2.55. The lowest BCUT2D eigenvalue weighted by atomic mass is 10.1. The molecule has 0 saturated heterocycles. The van der Waals surface area contributed by atoms with Crippen LogP contribution < -0.4 is 15.4 Å². The lowest BCUT2D eigenvalue weighted by Gasteiger charge is -2.10. The smallest absolute Gasteiger partial charge is 0.406 e. The fourth-order valence-corrected chi connectivity index (χ4v) is 3.88. The number of amides is 2. The molecule has 214 valence electrons. The number of alkyl halides is 3. The van der Waals surface area contributed by atoms with Crippen molar-refractivity contribution in [3.8, 4) is 16.9 Å². The molecule has 0 spiro atoms. The van der Waals surface area contributed by atoms with Gasteiger partial charge < -0.3 is 15.4 Å². The average molecular weight is 569 g/mol. The SMILES string of the molecule is CCNC(=O)c1cn(CCCCc2ccc(NC(=O)Cc3cc(-c4cccc(OC(F)(F)F)c4)ccn3)nn2)nn1. The number of benzene rings is 1. The molecule has 3 aromatic heterocycles. The third kappa shape index (κ3) is 9.08. The lowest BCUT2D eigenvalue weighted by Crippen LogP contribution is -2.22. The maximum atomic E-state index is 12.6. The van der Waals surface area contributed by atoms with Gasteiger partial charge in [0.05, 0.1) is 24.0 Å². The molecule has 3 heterocycles. The number of ether oxygens (including phenoxy) is 1. The van der Waals surface area contributed by atoms with Gasteiger partial charge in [-0.1, -0.05) is 17.3 Å². The predicted molar refractivity (Wildman–Crippen MR) is 142 cm³/mol. The van der Waals surface area contributed by atoms with Crippen molar-refractivity contribution in [2.45, 2.75) is 45.5 Å². The summed E-state index contributed by atoms with van der Waals surface area (Å²) in [4.78, 5) is 28.5. The molecule has 0 radical (unpaired) electrons. The zero-order chi connectivity index (χ0) is 29.2. The van der Waals surface area contributed by atoms with Gasteiger partial charge in [-0.15, -0.1) is 23.4 Å². The van der Waals surface area contributed by atoms with Crippen molar-refractivity contribution >= 4 is 17.6 Å². The van der Waals surface area contributed by atoms with Crippen LogP contribution >= 0.6 is 0 Å². The van der Waals surface area contributed by atoms with E-state index in [1.54, 1.807) is 41.2 Å². The van der Waals surface area contributed by atoms with E-state index in [1.807, 2.05) is 6.92 Å². The fraction of sp³-hybridized carbons (Fsp3) is 0.296. The Labute approximate surface area is 233 Å². The normalized spacial score (nSPS) is 11.2. The van der Waals surface area contributed by atoms with Crippen LogP contribution in [0.25, 0.3) is 11.1 Å². The Morgan fingerprint density at radius 2 is 1.80 bits per heavy atom. The quantitative estimate of drug-likeness (QED) is 0.245. The molecule has 0 aliphatic rings. The topological polar surface area (TPSA) is 137 Å². The van der Waals surface area contributed by atoms with E-state index in [9.17, 15) is 22.8 Å². The third-order valence-corrected chi connectivity index (χ3v) is 5.73. The van der Waals surface area contributed by atoms with Gasteiger partial charge in [0.2, 0.25) is 5.91 Å². The van der Waals surface area contributed by atoms with Crippen molar-refractivity contribution in [1.29, 1.82) is 0 Å². The Balaban J connectivity index is 1.24. The highest BCUT2D eigenvalue weighted by molar-refractivity contribution is 5.92. The van der Waals surface area contributed by atoms with E-state index in [0.717, 1.165) is 18.5 Å². The van der Waals surface area contributed by atoms with Crippen LogP contribution in [0.4, 0.5) is 19.0 Å². The van der Waals surface area contributed by atoms with Crippen molar-refractivity contribution in [2.24, 2.45) is 0 Å². The number of rotatable bonds is 12. The summed E-state index contributed by atoms with van der Waals surface area (Å²) in [5.74, 6) is -0.677. The van der Waals surface area contributed by atoms with E-state index >= 15 is 0 Å². The van der Waals surface area contributed by atoms with Gasteiger partial charge in [0.1, 0.15) is 5.75 Å². The summed E-state index contributed by atoms with van der Waals surface area (Å²) >= 11 is 0. The van der Waals surface area contributed by atoms with E-state index < -0.39 is 6.36 Å². The molecule has 4 rings (SSSR count). The Morgan fingerprint density at radius 1 is 0.976 bits per heavy atom. The van der Waals surface area contributed by atoms with Crippen LogP contribution in [0.3, 0.4) is 0 Å². The monoisotopic (exact) mass is 568 g/mol. The molecular weight excluding hydrogens is 541 g/mol. The molecule has 0 bridgehead atoms. The first-order chi connectivity index (χ1) is 19.7. The highest BCUT2D eigenvalue weighted by atomic mass is 19.4. The van der Waals surface area contributed by atoms with Crippen LogP contribution in [0, 0.1) is 0 Å². The first-order valence-electron chi connectivity index (χ1n) is 12.8. The van der Waals surface area contributed by atoms with Crippen molar-refractivity contribution in [2.75, 3.05) is 11.9 Å². The Kier molecular flexibility index (Phi) is 9.55. The lowest BCUT2D eigenvalue weighted by molar-refractivity contribution is -0.274. The average Bonchev–Trinajstić information content (AvgIpc) is 3.41. The molecule has 0 aliphatic heterocycles. The van der Waals surface area contributed by atoms with Gasteiger partial charge in [-0.2, -0.15) is 5.10 Å². The van der Waals surface area contributed by atoms with E-state index in [4.69, 9.17) is 0 Å². The second-order valence-electron chi connectivity index (χ2n) is 8.93. The molecule has 1 aromatic carbocycles. The molecule has 0 saturated carbocycles. The molecule has 0 unspecified atom stereocenters. The third-order valence-electron chi connectivity index (χ3n) is 5.73. The minimum absolute atomic E-state index is 0.0693. The maximum Gasteiger partial charge on any atom is 0.573 e. The van der Waals surface area contributed by atoms with E-state index in [0.29, 0.717) is 36.3 Å². The molecule has 11 nitrogen and oxygen atoms in total. The highest BCUT2D eigenvalue weighted by Gasteiger charge is 2.31. The van der Waals surface area contributed by atoms with Gasteiger partial charge in [0.15, 0.2) is 11.5 Å². The molecule has 14 heteroatoms. The minimum atomic E-state index is -4.79. The highest BCUT2D eigenvalue weighted by Crippen LogP contribution is 2.28. The number of hydrogen-bond acceptors (Lipinski definition) is 8. The molecular formula is C27H27F3N8O3. The number of hydrogen-bond donors (Lipinski definition) is 2. The molecule has 0 fully saturated rings. The standard InChI is InChI=1S/C27H27F3N8O3/c1-2-31-26(40)23-17-38(37-35-23)13-4-3-7-20-9-10-24(36-34-20)33-25(39)16-21-14-19(11-12-32-21)18-6-5-8-22(15-18)41-27(28,29)30/h5-6,8-12,14-15,17H,2-4,7,13,16H2,1H3,(H,31,40)(H,33,36,39). The number of carbonyl (C=O) groups excluding carboxylic acids is 2. The summed E-state index contributed by atoms with van der Waals surface area (Å²) in [5, 5.41) is 21.4. The van der Waals surface area contributed by atoms with Crippen LogP contribution in [0.1, 0.15) is 41.6 Å². The number of carbonyl (C=O) groups is 2. The number of pyridine rings is 1. The van der Waals surface area contributed by atoms with Gasteiger partial charge in [0, 0.05) is 19.3 Å². The summed E-state index contributed by atoms with van der Waals surface area (Å²) in [6.45, 7) is 2.96. The van der Waals surface area contributed by atoms with Gasteiger partial charge in [0.25, 0.3) is 5.91 Å². The fourth-order valence-electron chi connectivity index (χ4n) is 3.88. The largest absolute Gasteiger partial charge is 0.573 e. The zero-order valence-electron chi connectivity index (χ0n) is 22.1. The van der Waals surface area contributed by atoms with E-state index in [1.165, 1.54) is 24.4 Å². The summed E-state index contributed by atoms with van der Waals surface area (Å²) in [7, 11) is 0. The Morgan fingerprint density at radius 3 is 2.56 bits per heavy atom. The molecule has 41 heavy (non-hydrogen) atoms. The number of nitrogens with zero attached hydrogens (tertiary/aromatic N) is 6. The molecule has 0 atom stereocenters. The molecule has 2 N–H and O–H groups in total. The zero-order valence-corrected chi connectivity index (χ0v) is 22.1. The molecule has 0 aliphatic carbocycles. The molecule has 4 aromatic rings. The van der Waals surface area contributed by atoms with Crippen molar-refractivity contribution in [1.82, 2.24) is 35.5 Å². The maximum absolute atomic E-state index is 12.6. The van der Waals surface area contributed by atoms with Crippen LogP contribution in [0.2, 0.25) is 0 Å². The van der Waals surface area contributed by atoms with Crippen molar-refractivity contribution < 1.29 is 27.5 Å². The van der Waals surface area contributed by atoms with Crippen LogP contribution in [0.5, 0.6) is 5.75 Å². The van der Waals surface area contributed by atoms with Gasteiger partial charge >= 0.3 is 6.36 Å². The van der Waals surface area contributed by atoms with Gasteiger partial charge in [-0.05, 0) is 73.7 Å². The Bertz CT molecular complexity index is 1480. The van der Waals surface area contributed by atoms with E-state index in [2.05, 4.69) is 40.9 Å². The van der Waals surface area contributed by atoms with Crippen molar-refractivity contribution in [3.63, 3.8) is 0 Å². The predicted octanol–water partition coefficient (Wildman–Crippen LogP) is 3.98. The number of halogens is 3. The van der Waals surface area contributed by atoms with Crippen molar-refractivity contribution in [3.05, 3.63) is 78.0 Å². The second-order valence-corrected chi connectivity index (χ2v) is 8.93. The first-order valence-corrected chi connectivity index (χ1v) is 12.8. The van der Waals surface area contributed by atoms with Crippen LogP contribution in [0.15, 0.2) is 60.9 Å². The van der Waals surface area contributed by atoms with E-state index in [-0.39, 0.29) is 35.5 Å².